The van der Waals surface area contributed by atoms with E-state index in [4.69, 9.17) is 19.7 Å². The Morgan fingerprint density at radius 3 is 2.18 bits per heavy atom. The summed E-state index contributed by atoms with van der Waals surface area (Å²) in [5.41, 5.74) is 8.77. The van der Waals surface area contributed by atoms with Crippen molar-refractivity contribution in [2.75, 3.05) is 0 Å². The Balaban J connectivity index is 0.00000277. The minimum absolute atomic E-state index is 0. The number of rotatable bonds is 5. The van der Waals surface area contributed by atoms with Crippen LogP contribution in [-0.4, -0.2) is 9.97 Å². The molecule has 39 heavy (non-hydrogen) atoms. The van der Waals surface area contributed by atoms with E-state index in [1.165, 1.54) is 0 Å². The molecule has 4 aromatic carbocycles. The fourth-order valence-electron chi connectivity index (χ4n) is 4.85. The van der Waals surface area contributed by atoms with Crippen molar-refractivity contribution < 1.29 is 25.5 Å². The van der Waals surface area contributed by atoms with Gasteiger partial charge in [-0.25, -0.2) is 0 Å². The Morgan fingerprint density at radius 2 is 1.33 bits per heavy atom. The number of benzene rings is 4. The SMILES string of the molecule is [Pt+2].[c-]1ccccc1-c1cccc(-c2ccccc2[N-]c2ccccc2-c2nccc3oc4ccccc4c23)n1. The number of para-hydroxylation sites is 3. The first kappa shape index (κ1) is 24.8. The van der Waals surface area contributed by atoms with Crippen LogP contribution >= 0.6 is 0 Å². The van der Waals surface area contributed by atoms with E-state index in [-0.39, 0.29) is 21.1 Å². The maximum absolute atomic E-state index is 6.12. The number of nitrogens with zero attached hydrogens (tertiary/aromatic N) is 3. The standard InChI is InChI=1S/C34H21N3O.Pt/c1-2-11-23(12-3-1)27-18-10-19-29(36-27)24-13-4-7-16-28(24)37-30-17-8-5-14-25(30)34-33-26-15-6-9-20-31(26)38-32(33)21-22-35-34;/h1-11,13-22H;/q-2;+2. The molecule has 3 heterocycles. The Bertz CT molecular complexity index is 1910. The maximum atomic E-state index is 6.12. The van der Waals surface area contributed by atoms with Crippen LogP contribution in [-0.2, 0) is 21.1 Å². The third-order valence-electron chi connectivity index (χ3n) is 6.60. The summed E-state index contributed by atoms with van der Waals surface area (Å²) in [5, 5.41) is 7.18. The third kappa shape index (κ3) is 4.65. The van der Waals surface area contributed by atoms with Crippen molar-refractivity contribution in [2.45, 2.75) is 0 Å². The van der Waals surface area contributed by atoms with Gasteiger partial charge in [-0.05, 0) is 35.0 Å². The van der Waals surface area contributed by atoms with Crippen molar-refractivity contribution in [3.05, 3.63) is 139 Å². The molecular weight excluding hydrogens is 661 g/mol. The number of aromatic nitrogens is 2. The van der Waals surface area contributed by atoms with Crippen molar-refractivity contribution in [1.82, 2.24) is 9.97 Å². The molecule has 0 spiro atoms. The molecule has 0 aliphatic rings. The summed E-state index contributed by atoms with van der Waals surface area (Å²) in [6.45, 7) is 0. The van der Waals surface area contributed by atoms with E-state index in [0.29, 0.717) is 0 Å². The molecule has 0 aliphatic heterocycles. The van der Waals surface area contributed by atoms with Gasteiger partial charge in [-0.1, -0.05) is 78.9 Å². The molecule has 0 atom stereocenters. The molecule has 4 nitrogen and oxygen atoms in total. The van der Waals surface area contributed by atoms with Gasteiger partial charge in [0.05, 0.1) is 16.8 Å². The largest absolute Gasteiger partial charge is 2.00 e. The maximum Gasteiger partial charge on any atom is 2.00 e. The molecule has 0 radical (unpaired) electrons. The molecule has 0 N–H and O–H groups in total. The second-order valence-electron chi connectivity index (χ2n) is 8.96. The van der Waals surface area contributed by atoms with Crippen LogP contribution in [0.4, 0.5) is 11.4 Å². The Kier molecular flexibility index (Phi) is 6.79. The molecule has 0 saturated carbocycles. The van der Waals surface area contributed by atoms with Crippen LogP contribution in [0.3, 0.4) is 0 Å². The number of fused-ring (bicyclic) bond motifs is 3. The van der Waals surface area contributed by atoms with E-state index >= 15 is 0 Å². The van der Waals surface area contributed by atoms with Gasteiger partial charge in [-0.15, -0.1) is 47.3 Å². The van der Waals surface area contributed by atoms with E-state index < -0.39 is 0 Å². The Morgan fingerprint density at radius 1 is 0.615 bits per heavy atom. The van der Waals surface area contributed by atoms with Crippen molar-refractivity contribution in [3.63, 3.8) is 0 Å². The molecule has 0 aliphatic carbocycles. The van der Waals surface area contributed by atoms with Crippen molar-refractivity contribution in [2.24, 2.45) is 0 Å². The van der Waals surface area contributed by atoms with Crippen LogP contribution in [0.2, 0.25) is 0 Å². The Labute approximate surface area is 240 Å². The third-order valence-corrected chi connectivity index (χ3v) is 6.60. The van der Waals surface area contributed by atoms with E-state index in [1.807, 2.05) is 103 Å². The number of hydrogen-bond donors (Lipinski definition) is 0. The van der Waals surface area contributed by atoms with Gasteiger partial charge >= 0.3 is 21.1 Å². The van der Waals surface area contributed by atoms with Crippen molar-refractivity contribution >= 4 is 33.3 Å². The minimum Gasteiger partial charge on any atom is -0.657 e. The molecule has 3 aromatic heterocycles. The summed E-state index contributed by atoms with van der Waals surface area (Å²) < 4.78 is 6.12. The van der Waals surface area contributed by atoms with E-state index in [1.54, 1.807) is 6.20 Å². The van der Waals surface area contributed by atoms with Gasteiger partial charge in [0.25, 0.3) is 0 Å². The van der Waals surface area contributed by atoms with Crippen LogP contribution in [0.25, 0.3) is 61.0 Å². The van der Waals surface area contributed by atoms with E-state index in [9.17, 15) is 0 Å². The topological polar surface area (TPSA) is 53.0 Å². The average molecular weight is 683 g/mol. The van der Waals surface area contributed by atoms with Crippen molar-refractivity contribution in [1.29, 1.82) is 0 Å². The van der Waals surface area contributed by atoms with Crippen LogP contribution < -0.4 is 0 Å². The van der Waals surface area contributed by atoms with Gasteiger partial charge in [0.1, 0.15) is 11.2 Å². The van der Waals surface area contributed by atoms with Gasteiger partial charge in [0.15, 0.2) is 0 Å². The normalized spacial score (nSPS) is 10.9. The predicted molar refractivity (Wildman–Crippen MR) is 154 cm³/mol. The zero-order chi connectivity index (χ0) is 25.3. The van der Waals surface area contributed by atoms with Gasteiger partial charge < -0.3 is 9.73 Å². The average Bonchev–Trinajstić information content (AvgIpc) is 3.37. The molecule has 7 rings (SSSR count). The van der Waals surface area contributed by atoms with Crippen LogP contribution in [0.15, 0.2) is 132 Å². The molecular formula is C34H21N3OPt. The molecule has 0 amide bonds. The fraction of sp³-hybridized carbons (Fsp3) is 0. The summed E-state index contributed by atoms with van der Waals surface area (Å²) in [4.78, 5) is 9.74. The van der Waals surface area contributed by atoms with Gasteiger partial charge in [0.2, 0.25) is 0 Å². The quantitative estimate of drug-likeness (QED) is 0.170. The van der Waals surface area contributed by atoms with Crippen LogP contribution in [0.5, 0.6) is 0 Å². The zero-order valence-corrected chi connectivity index (χ0v) is 23.0. The summed E-state index contributed by atoms with van der Waals surface area (Å²) in [6.07, 6.45) is 1.79. The van der Waals surface area contributed by atoms with E-state index in [2.05, 4.69) is 24.3 Å². The first-order valence-corrected chi connectivity index (χ1v) is 12.5. The molecule has 7 aromatic rings. The zero-order valence-electron chi connectivity index (χ0n) is 20.7. The fourth-order valence-corrected chi connectivity index (χ4v) is 4.85. The number of hydrogen-bond acceptors (Lipinski definition) is 3. The first-order chi connectivity index (χ1) is 18.8. The van der Waals surface area contributed by atoms with Crippen molar-refractivity contribution in [3.8, 4) is 33.8 Å². The van der Waals surface area contributed by atoms with Crippen LogP contribution in [0, 0.1) is 6.07 Å². The number of pyridine rings is 2. The summed E-state index contributed by atoms with van der Waals surface area (Å²) >= 11 is 0. The molecule has 0 bridgehead atoms. The number of furan rings is 1. The Hall–Kier alpha value is -4.53. The molecule has 5 heteroatoms. The predicted octanol–water partition coefficient (Wildman–Crippen LogP) is 9.51. The first-order valence-electron chi connectivity index (χ1n) is 12.5. The van der Waals surface area contributed by atoms with Gasteiger partial charge in [-0.2, -0.15) is 0 Å². The summed E-state index contributed by atoms with van der Waals surface area (Å²) in [5.74, 6) is 0. The summed E-state index contributed by atoms with van der Waals surface area (Å²) in [7, 11) is 0. The van der Waals surface area contributed by atoms with Crippen LogP contribution in [0.1, 0.15) is 0 Å². The minimum atomic E-state index is 0. The second-order valence-corrected chi connectivity index (χ2v) is 8.96. The van der Waals surface area contributed by atoms with E-state index in [0.717, 1.165) is 67.1 Å². The smallest absolute Gasteiger partial charge is 0.657 e. The second kappa shape index (κ2) is 10.7. The molecule has 0 fully saturated rings. The van der Waals surface area contributed by atoms with Gasteiger partial charge in [-0.3, -0.25) is 9.97 Å². The molecule has 0 saturated heterocycles. The monoisotopic (exact) mass is 682 g/mol. The molecule has 0 unspecified atom stereocenters. The summed E-state index contributed by atoms with van der Waals surface area (Å²) in [6, 6.07) is 43.4. The van der Waals surface area contributed by atoms with Gasteiger partial charge in [0, 0.05) is 11.6 Å². The molecule has 188 valence electrons.